The third-order valence-electron chi connectivity index (χ3n) is 3.07. The highest BCUT2D eigenvalue weighted by molar-refractivity contribution is 5.23. The largest absolute Gasteiger partial charge is 0.300 e. The van der Waals surface area contributed by atoms with E-state index < -0.39 is 0 Å². The van der Waals surface area contributed by atoms with Crippen LogP contribution in [0.5, 0.6) is 0 Å². The Bertz CT molecular complexity index is 253. The molecule has 1 aromatic rings. The molecule has 13 heavy (non-hydrogen) atoms. The molecule has 1 atom stereocenters. The molecule has 1 unspecified atom stereocenters. The summed E-state index contributed by atoms with van der Waals surface area (Å²) < 4.78 is 0. The molecule has 0 heterocycles. The zero-order valence-corrected chi connectivity index (χ0v) is 9.04. The van der Waals surface area contributed by atoms with E-state index in [9.17, 15) is 0 Å². The van der Waals surface area contributed by atoms with Crippen molar-refractivity contribution in [2.24, 2.45) is 0 Å². The predicted octanol–water partition coefficient (Wildman–Crippen LogP) is 2.87. The maximum atomic E-state index is 2.28. The van der Waals surface area contributed by atoms with E-state index in [0.717, 1.165) is 6.42 Å². The number of hydrogen-bond acceptors (Lipinski definition) is 1. The van der Waals surface area contributed by atoms with Gasteiger partial charge in [-0.05, 0) is 33.0 Å². The molecule has 1 rings (SSSR count). The maximum Gasteiger partial charge on any atom is 0.0423 e. The molecule has 0 aliphatic heterocycles. The van der Waals surface area contributed by atoms with Crippen molar-refractivity contribution in [1.82, 2.24) is 4.90 Å². The van der Waals surface area contributed by atoms with Gasteiger partial charge in [0.1, 0.15) is 0 Å². The molecule has 1 heteroatoms. The molecule has 1 nitrogen and oxygen atoms in total. The van der Waals surface area contributed by atoms with E-state index in [1.807, 2.05) is 0 Å². The van der Waals surface area contributed by atoms with Crippen LogP contribution >= 0.6 is 0 Å². The van der Waals surface area contributed by atoms with Crippen molar-refractivity contribution in [1.29, 1.82) is 0 Å². The summed E-state index contributed by atoms with van der Waals surface area (Å²) in [5, 5.41) is 0. The SMILES string of the molecule is CCC(C)(c1ccccc1)N(C)C. The van der Waals surface area contributed by atoms with Crippen molar-refractivity contribution in [2.45, 2.75) is 25.8 Å². The summed E-state index contributed by atoms with van der Waals surface area (Å²) in [5.41, 5.74) is 1.56. The second-order valence-corrected chi connectivity index (χ2v) is 3.89. The number of benzene rings is 1. The minimum atomic E-state index is 0.168. The molecule has 0 saturated heterocycles. The van der Waals surface area contributed by atoms with Crippen LogP contribution in [0.15, 0.2) is 30.3 Å². The Labute approximate surface area is 81.4 Å². The van der Waals surface area contributed by atoms with E-state index in [2.05, 4.69) is 63.2 Å². The Kier molecular flexibility index (Phi) is 3.10. The fourth-order valence-corrected chi connectivity index (χ4v) is 1.58. The summed E-state index contributed by atoms with van der Waals surface area (Å²) in [6.45, 7) is 4.51. The van der Waals surface area contributed by atoms with E-state index in [1.165, 1.54) is 5.56 Å². The average Bonchev–Trinajstić information content (AvgIpc) is 2.17. The molecule has 0 aliphatic carbocycles. The van der Waals surface area contributed by atoms with Gasteiger partial charge in [-0.2, -0.15) is 0 Å². The van der Waals surface area contributed by atoms with Crippen LogP contribution in [0, 0.1) is 0 Å². The monoisotopic (exact) mass is 177 g/mol. The van der Waals surface area contributed by atoms with Gasteiger partial charge in [0, 0.05) is 5.54 Å². The van der Waals surface area contributed by atoms with E-state index in [-0.39, 0.29) is 5.54 Å². The second-order valence-electron chi connectivity index (χ2n) is 3.89. The summed E-state index contributed by atoms with van der Waals surface area (Å²) in [6.07, 6.45) is 1.13. The van der Waals surface area contributed by atoms with Gasteiger partial charge in [0.05, 0.1) is 0 Å². The van der Waals surface area contributed by atoms with Crippen LogP contribution in [0.25, 0.3) is 0 Å². The molecule has 0 radical (unpaired) electrons. The van der Waals surface area contributed by atoms with Gasteiger partial charge in [0.15, 0.2) is 0 Å². The highest BCUT2D eigenvalue weighted by atomic mass is 15.1. The Morgan fingerprint density at radius 3 is 2.08 bits per heavy atom. The van der Waals surface area contributed by atoms with Crippen molar-refractivity contribution in [3.8, 4) is 0 Å². The van der Waals surface area contributed by atoms with Crippen LogP contribution in [-0.2, 0) is 5.54 Å². The van der Waals surface area contributed by atoms with Crippen LogP contribution in [0.1, 0.15) is 25.8 Å². The first-order valence-electron chi connectivity index (χ1n) is 4.84. The van der Waals surface area contributed by atoms with Crippen molar-refractivity contribution >= 4 is 0 Å². The molecule has 0 bridgehead atoms. The summed E-state index contributed by atoms with van der Waals surface area (Å²) in [5.74, 6) is 0. The lowest BCUT2D eigenvalue weighted by atomic mass is 9.88. The van der Waals surface area contributed by atoms with Gasteiger partial charge in [-0.15, -0.1) is 0 Å². The Balaban J connectivity index is 3.03. The quantitative estimate of drug-likeness (QED) is 0.686. The van der Waals surface area contributed by atoms with Crippen LogP contribution in [0.3, 0.4) is 0 Å². The van der Waals surface area contributed by atoms with Gasteiger partial charge in [-0.25, -0.2) is 0 Å². The summed E-state index contributed by atoms with van der Waals surface area (Å²) in [4.78, 5) is 2.28. The highest BCUT2D eigenvalue weighted by Gasteiger charge is 2.26. The molecule has 0 fully saturated rings. The predicted molar refractivity (Wildman–Crippen MR) is 57.8 cm³/mol. The van der Waals surface area contributed by atoms with Gasteiger partial charge < -0.3 is 0 Å². The first-order valence-corrected chi connectivity index (χ1v) is 4.84. The summed E-state index contributed by atoms with van der Waals surface area (Å²) in [7, 11) is 4.27. The molecule has 0 aliphatic rings. The minimum absolute atomic E-state index is 0.168. The van der Waals surface area contributed by atoms with E-state index in [1.54, 1.807) is 0 Å². The molecule has 0 spiro atoms. The fraction of sp³-hybridized carbons (Fsp3) is 0.500. The molecule has 72 valence electrons. The first kappa shape index (κ1) is 10.3. The van der Waals surface area contributed by atoms with Gasteiger partial charge in [-0.3, -0.25) is 4.90 Å². The minimum Gasteiger partial charge on any atom is -0.300 e. The summed E-state index contributed by atoms with van der Waals surface area (Å²) in [6, 6.07) is 10.7. The van der Waals surface area contributed by atoms with Gasteiger partial charge in [0.25, 0.3) is 0 Å². The van der Waals surface area contributed by atoms with Crippen molar-refractivity contribution < 1.29 is 0 Å². The number of rotatable bonds is 3. The lowest BCUT2D eigenvalue weighted by molar-refractivity contribution is 0.168. The van der Waals surface area contributed by atoms with Crippen LogP contribution in [0.4, 0.5) is 0 Å². The Hall–Kier alpha value is -0.820. The standard InChI is InChI=1S/C12H19N/c1-5-12(2,13(3)4)11-9-7-6-8-10-11/h6-10H,5H2,1-4H3. The van der Waals surface area contributed by atoms with Crippen molar-refractivity contribution in [2.75, 3.05) is 14.1 Å². The van der Waals surface area contributed by atoms with Gasteiger partial charge in [-0.1, -0.05) is 37.3 Å². The van der Waals surface area contributed by atoms with Gasteiger partial charge >= 0.3 is 0 Å². The molecule has 1 aromatic carbocycles. The Morgan fingerprint density at radius 1 is 1.15 bits per heavy atom. The van der Waals surface area contributed by atoms with Crippen LogP contribution in [0.2, 0.25) is 0 Å². The lowest BCUT2D eigenvalue weighted by Gasteiger charge is -2.36. The zero-order chi connectivity index (χ0) is 9.90. The van der Waals surface area contributed by atoms with Crippen molar-refractivity contribution in [3.63, 3.8) is 0 Å². The highest BCUT2D eigenvalue weighted by Crippen LogP contribution is 2.28. The third kappa shape index (κ3) is 1.92. The topological polar surface area (TPSA) is 3.24 Å². The lowest BCUT2D eigenvalue weighted by Crippen LogP contribution is -2.37. The molecule has 0 saturated carbocycles. The molecule has 0 aromatic heterocycles. The van der Waals surface area contributed by atoms with E-state index >= 15 is 0 Å². The smallest absolute Gasteiger partial charge is 0.0423 e. The average molecular weight is 177 g/mol. The van der Waals surface area contributed by atoms with E-state index in [0.29, 0.717) is 0 Å². The van der Waals surface area contributed by atoms with E-state index in [4.69, 9.17) is 0 Å². The molecular formula is C12H19N. The second kappa shape index (κ2) is 3.93. The summed E-state index contributed by atoms with van der Waals surface area (Å²) >= 11 is 0. The molecule has 0 amide bonds. The van der Waals surface area contributed by atoms with Crippen molar-refractivity contribution in [3.05, 3.63) is 35.9 Å². The zero-order valence-electron chi connectivity index (χ0n) is 9.04. The fourth-order valence-electron chi connectivity index (χ4n) is 1.58. The maximum absolute atomic E-state index is 2.28. The molecule has 0 N–H and O–H groups in total. The molecular weight excluding hydrogens is 158 g/mol. The normalized spacial score (nSPS) is 15.8. The third-order valence-corrected chi connectivity index (χ3v) is 3.07. The number of nitrogens with zero attached hydrogens (tertiary/aromatic N) is 1. The number of hydrogen-bond donors (Lipinski definition) is 0. The Morgan fingerprint density at radius 2 is 1.69 bits per heavy atom. The first-order chi connectivity index (χ1) is 6.11. The van der Waals surface area contributed by atoms with Crippen LogP contribution in [-0.4, -0.2) is 19.0 Å². The van der Waals surface area contributed by atoms with Gasteiger partial charge in [0.2, 0.25) is 0 Å². The van der Waals surface area contributed by atoms with Crippen LogP contribution < -0.4 is 0 Å².